The van der Waals surface area contributed by atoms with Gasteiger partial charge in [-0.3, -0.25) is 14.4 Å². The first-order valence-electron chi connectivity index (χ1n) is 5.67. The van der Waals surface area contributed by atoms with Crippen LogP contribution in [0.4, 0.5) is 0 Å². The van der Waals surface area contributed by atoms with Gasteiger partial charge in [0.25, 0.3) is 0 Å². The van der Waals surface area contributed by atoms with Crippen LogP contribution in [0.5, 0.6) is 0 Å². The van der Waals surface area contributed by atoms with Crippen LogP contribution in [-0.4, -0.2) is 28.6 Å². The second-order valence-corrected chi connectivity index (χ2v) is 4.30. The number of hydrogen-bond acceptors (Lipinski definition) is 4. The number of rotatable bonds is 4. The Morgan fingerprint density at radius 1 is 1.17 bits per heavy atom. The SMILES string of the molecule is CC(=O)O[C@@H](C)C(=O)c1[nH]c(C)c(C(C)=O)c1C. The normalized spacial score (nSPS) is 12.1. The summed E-state index contributed by atoms with van der Waals surface area (Å²) in [7, 11) is 0. The predicted octanol–water partition coefficient (Wildman–Crippen LogP) is 1.97. The smallest absolute Gasteiger partial charge is 0.303 e. The fraction of sp³-hybridized carbons (Fsp3) is 0.462. The molecule has 1 aromatic rings. The quantitative estimate of drug-likeness (QED) is 0.655. The molecule has 1 aromatic heterocycles. The number of aromatic nitrogens is 1. The molecule has 0 bridgehead atoms. The number of carbonyl (C=O) groups excluding carboxylic acids is 3. The van der Waals surface area contributed by atoms with E-state index in [1.54, 1.807) is 13.8 Å². The van der Waals surface area contributed by atoms with E-state index >= 15 is 0 Å². The fourth-order valence-electron chi connectivity index (χ4n) is 2.03. The maximum atomic E-state index is 12.1. The van der Waals surface area contributed by atoms with Crippen molar-refractivity contribution < 1.29 is 19.1 Å². The van der Waals surface area contributed by atoms with Gasteiger partial charge in [0.05, 0.1) is 5.69 Å². The highest BCUT2D eigenvalue weighted by molar-refractivity contribution is 6.05. The van der Waals surface area contributed by atoms with Crippen LogP contribution in [0.2, 0.25) is 0 Å². The van der Waals surface area contributed by atoms with Gasteiger partial charge in [0.1, 0.15) is 0 Å². The number of Topliss-reactive ketones (excluding diaryl/α,β-unsaturated/α-hetero) is 2. The summed E-state index contributed by atoms with van der Waals surface area (Å²) < 4.78 is 4.84. The van der Waals surface area contributed by atoms with Crippen LogP contribution in [0.25, 0.3) is 0 Å². The topological polar surface area (TPSA) is 76.2 Å². The highest BCUT2D eigenvalue weighted by Gasteiger charge is 2.25. The Balaban J connectivity index is 3.11. The minimum Gasteiger partial charge on any atom is -0.454 e. The first-order chi connectivity index (χ1) is 8.25. The number of hydrogen-bond donors (Lipinski definition) is 1. The Kier molecular flexibility index (Phi) is 4.06. The van der Waals surface area contributed by atoms with Crippen molar-refractivity contribution in [1.82, 2.24) is 4.98 Å². The number of nitrogens with one attached hydrogen (secondary N) is 1. The van der Waals surface area contributed by atoms with Crippen molar-refractivity contribution in [2.24, 2.45) is 0 Å². The molecule has 5 heteroatoms. The van der Waals surface area contributed by atoms with Gasteiger partial charge in [-0.15, -0.1) is 0 Å². The first kappa shape index (κ1) is 14.2. The van der Waals surface area contributed by atoms with Crippen molar-refractivity contribution in [3.8, 4) is 0 Å². The molecule has 0 saturated carbocycles. The summed E-state index contributed by atoms with van der Waals surface area (Å²) in [5.74, 6) is -0.942. The molecular weight excluding hydrogens is 234 g/mol. The molecule has 18 heavy (non-hydrogen) atoms. The lowest BCUT2D eigenvalue weighted by Crippen LogP contribution is -2.24. The molecule has 0 aliphatic rings. The number of aryl methyl sites for hydroxylation is 1. The largest absolute Gasteiger partial charge is 0.454 e. The van der Waals surface area contributed by atoms with Crippen LogP contribution in [0.3, 0.4) is 0 Å². The molecule has 1 heterocycles. The summed E-state index contributed by atoms with van der Waals surface area (Å²) in [6.07, 6.45) is -0.862. The van der Waals surface area contributed by atoms with Gasteiger partial charge in [-0.2, -0.15) is 0 Å². The van der Waals surface area contributed by atoms with Gasteiger partial charge in [0, 0.05) is 18.2 Å². The molecule has 1 N–H and O–H groups in total. The number of carbonyl (C=O) groups is 3. The van der Waals surface area contributed by atoms with Gasteiger partial charge >= 0.3 is 5.97 Å². The van der Waals surface area contributed by atoms with Crippen LogP contribution in [-0.2, 0) is 9.53 Å². The van der Waals surface area contributed by atoms with Crippen molar-refractivity contribution in [3.63, 3.8) is 0 Å². The molecular formula is C13H17NO4. The van der Waals surface area contributed by atoms with Crippen LogP contribution < -0.4 is 0 Å². The van der Waals surface area contributed by atoms with Gasteiger partial charge in [-0.25, -0.2) is 0 Å². The minimum absolute atomic E-state index is 0.0968. The molecule has 0 aromatic carbocycles. The minimum atomic E-state index is -0.862. The van der Waals surface area contributed by atoms with Gasteiger partial charge in [0.15, 0.2) is 11.9 Å². The van der Waals surface area contributed by atoms with E-state index in [1.807, 2.05) is 0 Å². The standard InChI is InChI=1S/C13H17NO4/c1-6-11(8(3)15)7(2)14-12(6)13(17)9(4)18-10(5)16/h9,14H,1-5H3/t9-/m0/s1. The zero-order valence-corrected chi connectivity index (χ0v) is 11.2. The number of ether oxygens (including phenoxy) is 1. The fourth-order valence-corrected chi connectivity index (χ4v) is 2.03. The predicted molar refractivity (Wildman–Crippen MR) is 65.8 cm³/mol. The summed E-state index contributed by atoms with van der Waals surface area (Å²) in [6, 6.07) is 0. The average molecular weight is 251 g/mol. The number of esters is 1. The molecule has 0 saturated heterocycles. The maximum absolute atomic E-state index is 12.1. The van der Waals surface area contributed by atoms with E-state index in [-0.39, 0.29) is 11.6 Å². The molecule has 98 valence electrons. The Morgan fingerprint density at radius 2 is 1.72 bits per heavy atom. The lowest BCUT2D eigenvalue weighted by molar-refractivity contribution is -0.143. The zero-order valence-electron chi connectivity index (χ0n) is 11.2. The third-order valence-corrected chi connectivity index (χ3v) is 2.75. The molecule has 1 rings (SSSR count). The van der Waals surface area contributed by atoms with Crippen LogP contribution in [0.1, 0.15) is 52.9 Å². The summed E-state index contributed by atoms with van der Waals surface area (Å²) >= 11 is 0. The molecule has 1 atom stereocenters. The molecule has 0 amide bonds. The van der Waals surface area contributed by atoms with E-state index < -0.39 is 12.1 Å². The summed E-state index contributed by atoms with van der Waals surface area (Å²) in [5, 5.41) is 0. The highest BCUT2D eigenvalue weighted by atomic mass is 16.5. The van der Waals surface area contributed by atoms with Crippen molar-refractivity contribution in [3.05, 3.63) is 22.5 Å². The second-order valence-electron chi connectivity index (χ2n) is 4.30. The van der Waals surface area contributed by atoms with Crippen molar-refractivity contribution in [2.45, 2.75) is 40.7 Å². The molecule has 0 aliphatic heterocycles. The molecule has 0 aliphatic carbocycles. The Morgan fingerprint density at radius 3 is 2.11 bits per heavy atom. The lowest BCUT2D eigenvalue weighted by Gasteiger charge is -2.10. The number of ketones is 2. The van der Waals surface area contributed by atoms with E-state index in [4.69, 9.17) is 4.74 Å². The maximum Gasteiger partial charge on any atom is 0.303 e. The first-order valence-corrected chi connectivity index (χ1v) is 5.67. The number of H-pyrrole nitrogens is 1. The highest BCUT2D eigenvalue weighted by Crippen LogP contribution is 2.20. The Hall–Kier alpha value is -1.91. The third-order valence-electron chi connectivity index (χ3n) is 2.75. The molecule has 0 radical (unpaired) electrons. The monoisotopic (exact) mass is 251 g/mol. The van der Waals surface area contributed by atoms with Gasteiger partial charge < -0.3 is 9.72 Å². The van der Waals surface area contributed by atoms with Gasteiger partial charge in [0.2, 0.25) is 5.78 Å². The molecule has 0 fully saturated rings. The van der Waals surface area contributed by atoms with E-state index in [1.165, 1.54) is 20.8 Å². The van der Waals surface area contributed by atoms with Gasteiger partial charge in [-0.05, 0) is 33.3 Å². The second kappa shape index (κ2) is 5.16. The summed E-state index contributed by atoms with van der Waals surface area (Å²) in [4.78, 5) is 37.2. The zero-order chi connectivity index (χ0) is 14.0. The summed E-state index contributed by atoms with van der Waals surface area (Å²) in [5.41, 5.74) is 2.10. The van der Waals surface area contributed by atoms with Gasteiger partial charge in [-0.1, -0.05) is 0 Å². The van der Waals surface area contributed by atoms with Crippen LogP contribution in [0, 0.1) is 13.8 Å². The van der Waals surface area contributed by atoms with Crippen molar-refractivity contribution in [2.75, 3.05) is 0 Å². The summed E-state index contributed by atoms with van der Waals surface area (Å²) in [6.45, 7) is 7.64. The number of aromatic amines is 1. The van der Waals surface area contributed by atoms with E-state index in [0.717, 1.165) is 0 Å². The van der Waals surface area contributed by atoms with Crippen LogP contribution >= 0.6 is 0 Å². The molecule has 0 spiro atoms. The van der Waals surface area contributed by atoms with E-state index in [2.05, 4.69) is 4.98 Å². The van der Waals surface area contributed by atoms with E-state index in [9.17, 15) is 14.4 Å². The lowest BCUT2D eigenvalue weighted by atomic mass is 10.0. The third kappa shape index (κ3) is 2.67. The van der Waals surface area contributed by atoms with Crippen molar-refractivity contribution >= 4 is 17.5 Å². The Bertz CT molecular complexity index is 513. The van der Waals surface area contributed by atoms with E-state index in [0.29, 0.717) is 22.5 Å². The Labute approximate surface area is 106 Å². The average Bonchev–Trinajstić information content (AvgIpc) is 2.51. The molecule has 5 nitrogen and oxygen atoms in total. The molecule has 0 unspecified atom stereocenters. The van der Waals surface area contributed by atoms with Crippen molar-refractivity contribution in [1.29, 1.82) is 0 Å². The van der Waals surface area contributed by atoms with Crippen LogP contribution in [0.15, 0.2) is 0 Å².